The maximum atomic E-state index is 12.5. The molecule has 4 rings (SSSR count). The number of hydrogen-bond donors (Lipinski definition) is 1. The van der Waals surface area contributed by atoms with Gasteiger partial charge < -0.3 is 4.74 Å². The van der Waals surface area contributed by atoms with Gasteiger partial charge in [0.05, 0.1) is 11.3 Å². The van der Waals surface area contributed by atoms with Crippen molar-refractivity contribution in [2.45, 2.75) is 13.5 Å². The highest BCUT2D eigenvalue weighted by Gasteiger charge is 2.39. The van der Waals surface area contributed by atoms with E-state index >= 15 is 0 Å². The van der Waals surface area contributed by atoms with Crippen LogP contribution in [0, 0.1) is 5.41 Å². The lowest BCUT2D eigenvalue weighted by Crippen LogP contribution is -2.35. The molecule has 0 aliphatic carbocycles. The summed E-state index contributed by atoms with van der Waals surface area (Å²) < 4.78 is 29.7. The van der Waals surface area contributed by atoms with Crippen molar-refractivity contribution in [1.29, 1.82) is 5.41 Å². The number of carbonyl (C=O) groups is 1. The average molecular weight is 489 g/mol. The Bertz CT molecular complexity index is 1300. The number of hydrazone groups is 1. The van der Waals surface area contributed by atoms with Gasteiger partial charge in [-0.05, 0) is 41.6 Å². The van der Waals surface area contributed by atoms with Crippen LogP contribution in [-0.4, -0.2) is 40.5 Å². The van der Waals surface area contributed by atoms with E-state index < -0.39 is 15.7 Å². The Morgan fingerprint density at radius 2 is 1.91 bits per heavy atom. The molecule has 0 radical (unpaired) electrons. The third kappa shape index (κ3) is 4.47. The summed E-state index contributed by atoms with van der Waals surface area (Å²) in [7, 11) is -3.57. The SMILES string of the molecule is CCS(=O)(=O)C1=NN2C(=N)/C(=C\c3ccc(OCc4ccccc4Cl)cc3)C(=O)N=C2S1. The van der Waals surface area contributed by atoms with Crippen LogP contribution in [0.1, 0.15) is 18.1 Å². The molecule has 0 atom stereocenters. The Morgan fingerprint density at radius 1 is 1.19 bits per heavy atom. The number of benzene rings is 2. The van der Waals surface area contributed by atoms with Crippen LogP contribution >= 0.6 is 23.4 Å². The maximum absolute atomic E-state index is 12.5. The van der Waals surface area contributed by atoms with Gasteiger partial charge >= 0.3 is 0 Å². The van der Waals surface area contributed by atoms with E-state index in [1.54, 1.807) is 30.3 Å². The van der Waals surface area contributed by atoms with Crippen LogP contribution in [0.4, 0.5) is 0 Å². The predicted octanol–water partition coefficient (Wildman–Crippen LogP) is 3.93. The first-order valence-electron chi connectivity index (χ1n) is 9.48. The number of amidine groups is 2. The molecule has 0 saturated carbocycles. The van der Waals surface area contributed by atoms with Gasteiger partial charge in [0.15, 0.2) is 5.84 Å². The summed E-state index contributed by atoms with van der Waals surface area (Å²) in [5, 5.41) is 14.1. The summed E-state index contributed by atoms with van der Waals surface area (Å²) in [6.45, 7) is 1.82. The van der Waals surface area contributed by atoms with E-state index in [4.69, 9.17) is 21.7 Å². The zero-order chi connectivity index (χ0) is 22.9. The monoisotopic (exact) mass is 488 g/mol. The number of hydrogen-bond acceptors (Lipinski definition) is 7. The average Bonchev–Trinajstić information content (AvgIpc) is 3.22. The van der Waals surface area contributed by atoms with Crippen LogP contribution in [0.5, 0.6) is 5.75 Å². The molecule has 0 unspecified atom stereocenters. The third-order valence-corrected chi connectivity index (χ3v) is 8.08. The number of carbonyl (C=O) groups excluding carboxylic acids is 1. The summed E-state index contributed by atoms with van der Waals surface area (Å²) in [5.74, 6) is -0.368. The van der Waals surface area contributed by atoms with Crippen molar-refractivity contribution in [3.63, 3.8) is 0 Å². The largest absolute Gasteiger partial charge is 0.489 e. The van der Waals surface area contributed by atoms with Crippen molar-refractivity contribution in [3.8, 4) is 5.75 Å². The van der Waals surface area contributed by atoms with Crippen molar-refractivity contribution in [2.75, 3.05) is 5.75 Å². The normalized spacial score (nSPS) is 17.3. The lowest BCUT2D eigenvalue weighted by Gasteiger charge is -2.20. The van der Waals surface area contributed by atoms with Crippen LogP contribution in [-0.2, 0) is 21.2 Å². The van der Waals surface area contributed by atoms with E-state index in [0.29, 0.717) is 22.9 Å². The number of fused-ring (bicyclic) bond motifs is 1. The highest BCUT2D eigenvalue weighted by molar-refractivity contribution is 8.42. The van der Waals surface area contributed by atoms with E-state index in [-0.39, 0.29) is 26.7 Å². The molecular formula is C21H17ClN4O4S2. The molecular weight excluding hydrogens is 472 g/mol. The first-order chi connectivity index (χ1) is 15.3. The van der Waals surface area contributed by atoms with Gasteiger partial charge in [-0.2, -0.15) is 10.0 Å². The van der Waals surface area contributed by atoms with Crippen LogP contribution in [0.2, 0.25) is 5.02 Å². The Balaban J connectivity index is 1.51. The number of rotatable bonds is 5. The molecule has 11 heteroatoms. The molecule has 8 nitrogen and oxygen atoms in total. The smallest absolute Gasteiger partial charge is 0.283 e. The summed E-state index contributed by atoms with van der Waals surface area (Å²) in [5.41, 5.74) is 1.53. The van der Waals surface area contributed by atoms with Crippen molar-refractivity contribution in [3.05, 3.63) is 70.3 Å². The minimum absolute atomic E-state index is 0.0120. The first-order valence-corrected chi connectivity index (χ1v) is 12.3. The fourth-order valence-electron chi connectivity index (χ4n) is 2.83. The molecule has 2 aromatic rings. The van der Waals surface area contributed by atoms with E-state index in [0.717, 1.165) is 22.3 Å². The number of nitrogens with zero attached hydrogens (tertiary/aromatic N) is 3. The number of aliphatic imine (C=N–C) groups is 1. The van der Waals surface area contributed by atoms with Gasteiger partial charge in [-0.3, -0.25) is 10.2 Å². The second-order valence-electron chi connectivity index (χ2n) is 6.74. The van der Waals surface area contributed by atoms with Crippen LogP contribution in [0.15, 0.2) is 64.2 Å². The Hall–Kier alpha value is -2.95. The minimum Gasteiger partial charge on any atom is -0.489 e. The number of ether oxygens (including phenoxy) is 1. The van der Waals surface area contributed by atoms with Gasteiger partial charge in [0, 0.05) is 10.6 Å². The molecule has 0 fully saturated rings. The standard InChI is InChI=1S/C21H17ClN4O4S2/c1-2-32(28,29)21-25-26-18(23)16(19(27)24-20(26)31-21)11-13-7-9-15(10-8-13)30-12-14-5-3-4-6-17(14)22/h3-11,23H,2,12H2,1H3/b16-11+,23-18?. The molecule has 1 N–H and O–H groups in total. The molecule has 0 aromatic heterocycles. The molecule has 164 valence electrons. The fraction of sp³-hybridized carbons (Fsp3) is 0.143. The topological polar surface area (TPSA) is 112 Å². The van der Waals surface area contributed by atoms with Crippen molar-refractivity contribution in [1.82, 2.24) is 5.01 Å². The number of sulfone groups is 1. The van der Waals surface area contributed by atoms with E-state index in [2.05, 4.69) is 10.1 Å². The van der Waals surface area contributed by atoms with Gasteiger partial charge in [0.25, 0.3) is 5.91 Å². The maximum Gasteiger partial charge on any atom is 0.283 e. The second-order valence-corrected chi connectivity index (χ2v) is 10.6. The number of amides is 1. The van der Waals surface area contributed by atoms with Crippen molar-refractivity contribution < 1.29 is 17.9 Å². The predicted molar refractivity (Wildman–Crippen MR) is 127 cm³/mol. The van der Waals surface area contributed by atoms with Gasteiger partial charge in [-0.1, -0.05) is 48.9 Å². The quantitative estimate of drug-likeness (QED) is 0.638. The highest BCUT2D eigenvalue weighted by Crippen LogP contribution is 2.30. The molecule has 2 aliphatic heterocycles. The summed E-state index contributed by atoms with van der Waals surface area (Å²) in [6, 6.07) is 14.4. The molecule has 2 aliphatic rings. The van der Waals surface area contributed by atoms with Crippen molar-refractivity contribution in [2.24, 2.45) is 10.1 Å². The molecule has 2 aromatic carbocycles. The Kier molecular flexibility index (Phi) is 6.18. The number of nitrogens with one attached hydrogen (secondary N) is 1. The van der Waals surface area contributed by atoms with Crippen LogP contribution in [0.3, 0.4) is 0 Å². The minimum atomic E-state index is -3.57. The van der Waals surface area contributed by atoms with Crippen LogP contribution < -0.4 is 4.74 Å². The molecule has 0 bridgehead atoms. The van der Waals surface area contributed by atoms with Crippen molar-refractivity contribution >= 4 is 60.6 Å². The Morgan fingerprint density at radius 3 is 2.59 bits per heavy atom. The van der Waals surface area contributed by atoms with Gasteiger partial charge in [0.2, 0.25) is 19.4 Å². The summed E-state index contributed by atoms with van der Waals surface area (Å²) in [4.78, 5) is 16.4. The van der Waals surface area contributed by atoms with E-state index in [1.807, 2.05) is 18.2 Å². The Labute approximate surface area is 194 Å². The van der Waals surface area contributed by atoms with E-state index in [9.17, 15) is 13.2 Å². The lowest BCUT2D eigenvalue weighted by molar-refractivity contribution is -0.114. The first kappa shape index (κ1) is 22.3. The van der Waals surface area contributed by atoms with Crippen LogP contribution in [0.25, 0.3) is 6.08 Å². The summed E-state index contributed by atoms with van der Waals surface area (Å²) in [6.07, 6.45) is 1.51. The number of thioether (sulfide) groups is 1. The van der Waals surface area contributed by atoms with Gasteiger partial charge in [0.1, 0.15) is 12.4 Å². The van der Waals surface area contributed by atoms with Gasteiger partial charge in [-0.25, -0.2) is 8.42 Å². The zero-order valence-electron chi connectivity index (χ0n) is 16.8. The lowest BCUT2D eigenvalue weighted by atomic mass is 10.1. The molecule has 0 spiro atoms. The molecule has 2 heterocycles. The summed E-state index contributed by atoms with van der Waals surface area (Å²) >= 11 is 6.91. The molecule has 32 heavy (non-hydrogen) atoms. The van der Waals surface area contributed by atoms with E-state index in [1.165, 1.54) is 13.0 Å². The molecule has 0 saturated heterocycles. The highest BCUT2D eigenvalue weighted by atomic mass is 35.5. The molecule has 1 amide bonds. The number of halogens is 1. The third-order valence-electron chi connectivity index (χ3n) is 4.63. The fourth-order valence-corrected chi connectivity index (χ4v) is 5.18. The zero-order valence-corrected chi connectivity index (χ0v) is 19.2. The second kappa shape index (κ2) is 8.89. The van der Waals surface area contributed by atoms with Gasteiger partial charge in [-0.15, -0.1) is 5.10 Å².